The fourth-order valence-corrected chi connectivity index (χ4v) is 6.86. The maximum Gasteiger partial charge on any atom is 0.215 e. The highest BCUT2D eigenvalue weighted by atomic mass is 19.2. The Hall–Kier alpha value is -0.410. The van der Waals surface area contributed by atoms with Crippen molar-refractivity contribution in [2.45, 2.75) is 70.8 Å². The first kappa shape index (κ1) is 15.1. The number of hydrogen-bond donors (Lipinski definition) is 2. The summed E-state index contributed by atoms with van der Waals surface area (Å²) in [5.41, 5.74) is -0.561. The molecule has 124 valence electrons. The van der Waals surface area contributed by atoms with Crippen molar-refractivity contribution in [1.82, 2.24) is 0 Å². The minimum Gasteiger partial charge on any atom is -0.393 e. The van der Waals surface area contributed by atoms with E-state index in [9.17, 15) is 14.6 Å². The van der Waals surface area contributed by atoms with Gasteiger partial charge in [0.15, 0.2) is 0 Å². The quantitative estimate of drug-likeness (QED) is 0.668. The van der Waals surface area contributed by atoms with E-state index in [-0.39, 0.29) is 17.8 Å². The van der Waals surface area contributed by atoms with Gasteiger partial charge in [0, 0.05) is 11.8 Å². The topological polar surface area (TPSA) is 40.5 Å². The SMILES string of the molecule is C[C@]12C=CCCC1CC[C@@H]1[C@H]2CC[C@@]2(C)[C@H]1C(O)CC2(O)F. The Kier molecular flexibility index (Phi) is 3.14. The predicted molar refractivity (Wildman–Crippen MR) is 83.7 cm³/mol. The van der Waals surface area contributed by atoms with E-state index >= 15 is 0 Å². The number of allylic oxidation sites excluding steroid dienone is 2. The van der Waals surface area contributed by atoms with Gasteiger partial charge in [0.25, 0.3) is 0 Å². The highest BCUT2D eigenvalue weighted by Crippen LogP contribution is 2.67. The molecule has 4 aliphatic carbocycles. The summed E-state index contributed by atoms with van der Waals surface area (Å²) in [4.78, 5) is 0. The van der Waals surface area contributed by atoms with Crippen molar-refractivity contribution >= 4 is 0 Å². The van der Waals surface area contributed by atoms with E-state index in [4.69, 9.17) is 0 Å². The molecule has 0 aromatic carbocycles. The van der Waals surface area contributed by atoms with Gasteiger partial charge in [0.1, 0.15) is 0 Å². The molecule has 8 atom stereocenters. The van der Waals surface area contributed by atoms with Gasteiger partial charge in [-0.2, -0.15) is 0 Å². The molecule has 0 aliphatic heterocycles. The molecule has 3 saturated carbocycles. The minimum atomic E-state index is -2.21. The van der Waals surface area contributed by atoms with Gasteiger partial charge < -0.3 is 10.2 Å². The number of hydrogen-bond acceptors (Lipinski definition) is 2. The molecule has 0 saturated heterocycles. The van der Waals surface area contributed by atoms with Crippen LogP contribution in [0.25, 0.3) is 0 Å². The molecule has 3 fully saturated rings. The van der Waals surface area contributed by atoms with E-state index in [1.165, 1.54) is 19.3 Å². The lowest BCUT2D eigenvalue weighted by atomic mass is 9.46. The van der Waals surface area contributed by atoms with Crippen molar-refractivity contribution in [2.75, 3.05) is 0 Å². The lowest BCUT2D eigenvalue weighted by Crippen LogP contribution is -2.55. The molecular weight excluding hydrogens is 279 g/mol. The van der Waals surface area contributed by atoms with E-state index in [1.54, 1.807) is 0 Å². The van der Waals surface area contributed by atoms with Gasteiger partial charge in [0.2, 0.25) is 5.85 Å². The number of fused-ring (bicyclic) bond motifs is 5. The van der Waals surface area contributed by atoms with Crippen LogP contribution < -0.4 is 0 Å². The summed E-state index contributed by atoms with van der Waals surface area (Å²) in [6.45, 7) is 4.25. The highest BCUT2D eigenvalue weighted by Gasteiger charge is 2.67. The van der Waals surface area contributed by atoms with E-state index in [1.807, 2.05) is 6.92 Å². The van der Waals surface area contributed by atoms with Crippen molar-refractivity contribution in [3.63, 3.8) is 0 Å². The fraction of sp³-hybridized carbons (Fsp3) is 0.895. The van der Waals surface area contributed by atoms with E-state index in [0.717, 1.165) is 18.8 Å². The molecule has 0 aromatic heterocycles. The van der Waals surface area contributed by atoms with Crippen LogP contribution >= 0.6 is 0 Å². The predicted octanol–water partition coefficient (Wildman–Crippen LogP) is 3.82. The zero-order valence-electron chi connectivity index (χ0n) is 13.8. The van der Waals surface area contributed by atoms with Crippen LogP contribution in [0.15, 0.2) is 12.2 Å². The molecule has 0 aromatic rings. The van der Waals surface area contributed by atoms with Gasteiger partial charge in [-0.25, -0.2) is 4.39 Å². The average Bonchev–Trinajstić information content (AvgIpc) is 2.63. The number of aliphatic hydroxyl groups is 2. The monoisotopic (exact) mass is 308 g/mol. The van der Waals surface area contributed by atoms with Gasteiger partial charge in [-0.3, -0.25) is 0 Å². The first-order valence-corrected chi connectivity index (χ1v) is 9.07. The van der Waals surface area contributed by atoms with Crippen molar-refractivity contribution in [2.24, 2.45) is 34.5 Å². The maximum atomic E-state index is 14.8. The average molecular weight is 308 g/mol. The first-order chi connectivity index (χ1) is 10.3. The minimum absolute atomic E-state index is 0.0886. The molecule has 0 spiro atoms. The van der Waals surface area contributed by atoms with Crippen LogP contribution in [0.2, 0.25) is 0 Å². The third-order valence-electron chi connectivity index (χ3n) is 8.14. The smallest absolute Gasteiger partial charge is 0.215 e. The molecule has 0 heterocycles. The summed E-state index contributed by atoms with van der Waals surface area (Å²) in [5, 5.41) is 20.8. The van der Waals surface area contributed by atoms with Gasteiger partial charge in [-0.15, -0.1) is 0 Å². The molecule has 0 bridgehead atoms. The third kappa shape index (κ3) is 1.73. The standard InChI is InChI=1S/C19H29FO2/c1-17-9-4-3-5-12(17)6-7-13-14(17)8-10-18(2)16(13)15(21)11-19(18,20)22/h4,9,12-16,21-22H,3,5-8,10-11H2,1-2H3/t12?,13-,14-,15?,16-,17+,18+,19?/m1/s1. The van der Waals surface area contributed by atoms with E-state index < -0.39 is 17.4 Å². The second-order valence-corrected chi connectivity index (χ2v) is 8.90. The lowest BCUT2D eigenvalue weighted by Gasteiger charge is -2.59. The Labute approximate surface area is 132 Å². The maximum absolute atomic E-state index is 14.8. The summed E-state index contributed by atoms with van der Waals surface area (Å²) in [6, 6.07) is 0. The van der Waals surface area contributed by atoms with Crippen LogP contribution in [0.5, 0.6) is 0 Å². The molecule has 2 nitrogen and oxygen atoms in total. The van der Waals surface area contributed by atoms with E-state index in [2.05, 4.69) is 19.1 Å². The van der Waals surface area contributed by atoms with Crippen LogP contribution in [0.4, 0.5) is 4.39 Å². The summed E-state index contributed by atoms with van der Waals surface area (Å²) in [7, 11) is 0. The molecule has 22 heavy (non-hydrogen) atoms. The van der Waals surface area contributed by atoms with Gasteiger partial charge >= 0.3 is 0 Å². The zero-order chi connectivity index (χ0) is 15.8. The molecule has 3 unspecified atom stereocenters. The molecule has 2 N–H and O–H groups in total. The van der Waals surface area contributed by atoms with Gasteiger partial charge in [-0.05, 0) is 67.6 Å². The number of alkyl halides is 1. The number of aliphatic hydroxyl groups excluding tert-OH is 1. The largest absolute Gasteiger partial charge is 0.393 e. The van der Waals surface area contributed by atoms with Crippen LogP contribution in [-0.4, -0.2) is 22.2 Å². The fourth-order valence-electron chi connectivity index (χ4n) is 6.86. The third-order valence-corrected chi connectivity index (χ3v) is 8.14. The Bertz CT molecular complexity index is 502. The van der Waals surface area contributed by atoms with Crippen LogP contribution in [-0.2, 0) is 0 Å². The normalized spacial score (nSPS) is 60.5. The summed E-state index contributed by atoms with van der Waals surface area (Å²) >= 11 is 0. The van der Waals surface area contributed by atoms with Crippen LogP contribution in [0, 0.1) is 34.5 Å². The Morgan fingerprint density at radius 3 is 2.68 bits per heavy atom. The molecule has 4 aliphatic rings. The van der Waals surface area contributed by atoms with Gasteiger partial charge in [0.05, 0.1) is 6.10 Å². The number of halogens is 1. The summed E-state index contributed by atoms with van der Waals surface area (Å²) in [5.74, 6) is -0.672. The zero-order valence-corrected chi connectivity index (χ0v) is 13.8. The Morgan fingerprint density at radius 1 is 1.14 bits per heavy atom. The Balaban J connectivity index is 1.72. The van der Waals surface area contributed by atoms with Crippen molar-refractivity contribution in [3.05, 3.63) is 12.2 Å². The molecule has 4 rings (SSSR count). The Morgan fingerprint density at radius 2 is 1.91 bits per heavy atom. The second kappa shape index (κ2) is 4.57. The van der Waals surface area contributed by atoms with E-state index in [0.29, 0.717) is 18.3 Å². The van der Waals surface area contributed by atoms with Crippen molar-refractivity contribution in [1.29, 1.82) is 0 Å². The van der Waals surface area contributed by atoms with Crippen molar-refractivity contribution < 1.29 is 14.6 Å². The highest BCUT2D eigenvalue weighted by molar-refractivity contribution is 5.17. The summed E-state index contributed by atoms with van der Waals surface area (Å²) < 4.78 is 14.8. The van der Waals surface area contributed by atoms with Crippen LogP contribution in [0.3, 0.4) is 0 Å². The number of rotatable bonds is 0. The second-order valence-electron chi connectivity index (χ2n) is 8.90. The van der Waals surface area contributed by atoms with Crippen molar-refractivity contribution in [3.8, 4) is 0 Å². The molecular formula is C19H29FO2. The van der Waals surface area contributed by atoms with Gasteiger partial charge in [-0.1, -0.05) is 26.0 Å². The van der Waals surface area contributed by atoms with Crippen LogP contribution in [0.1, 0.15) is 58.8 Å². The lowest BCUT2D eigenvalue weighted by molar-refractivity contribution is -0.203. The molecule has 0 radical (unpaired) electrons. The summed E-state index contributed by atoms with van der Waals surface area (Å²) in [6.07, 6.45) is 10.4. The first-order valence-electron chi connectivity index (χ1n) is 9.07. The molecule has 3 heteroatoms. The molecule has 0 amide bonds.